The highest BCUT2D eigenvalue weighted by molar-refractivity contribution is 6.18. The van der Waals surface area contributed by atoms with Crippen molar-refractivity contribution < 1.29 is 28.9 Å². The lowest BCUT2D eigenvalue weighted by Gasteiger charge is -2.16. The molecule has 0 bridgehead atoms. The second-order valence-electron chi connectivity index (χ2n) is 6.83. The predicted molar refractivity (Wildman–Crippen MR) is 112 cm³/mol. The number of methoxy groups -OCH3 is 1. The van der Waals surface area contributed by atoms with Gasteiger partial charge >= 0.3 is 5.97 Å². The number of carboxylic acids is 1. The van der Waals surface area contributed by atoms with Crippen LogP contribution in [0.3, 0.4) is 0 Å². The molecule has 30 heavy (non-hydrogen) atoms. The highest BCUT2D eigenvalue weighted by Gasteiger charge is 2.22. The number of carboxylic acid groups (broad SMARTS) is 1. The molecule has 0 radical (unpaired) electrons. The number of aromatic nitrogens is 1. The summed E-state index contributed by atoms with van der Waals surface area (Å²) in [6.45, 7) is 6.04. The minimum Gasteiger partial charge on any atom is -0.494 e. The smallest absolute Gasteiger partial charge is 0.337 e. The number of rotatable bonds is 8. The van der Waals surface area contributed by atoms with Crippen molar-refractivity contribution >= 4 is 22.5 Å². The molecule has 0 unspecified atom stereocenters. The number of carbonyl (C=O) groups is 2. The molecule has 0 atom stereocenters. The normalized spacial score (nSPS) is 10.8. The molecule has 7 nitrogen and oxygen atoms in total. The van der Waals surface area contributed by atoms with Gasteiger partial charge in [-0.3, -0.25) is 9.78 Å². The summed E-state index contributed by atoms with van der Waals surface area (Å²) in [6, 6.07) is 9.95. The minimum atomic E-state index is -1.15. The van der Waals surface area contributed by atoms with Crippen LogP contribution >= 0.6 is 0 Å². The maximum Gasteiger partial charge on any atom is 0.337 e. The molecule has 0 saturated heterocycles. The summed E-state index contributed by atoms with van der Waals surface area (Å²) < 4.78 is 16.7. The summed E-state index contributed by atoms with van der Waals surface area (Å²) >= 11 is 0. The lowest BCUT2D eigenvalue weighted by molar-refractivity contribution is 0.0698. The number of nitrogens with zero attached hydrogens (tertiary/aromatic N) is 1. The number of ketones is 1. The molecular formula is C23H23NO6. The zero-order valence-corrected chi connectivity index (χ0v) is 17.3. The third-order valence-electron chi connectivity index (χ3n) is 4.39. The topological polar surface area (TPSA) is 95.0 Å². The van der Waals surface area contributed by atoms with Gasteiger partial charge in [-0.2, -0.15) is 0 Å². The molecule has 7 heteroatoms. The highest BCUT2D eigenvalue weighted by atomic mass is 16.5. The molecule has 3 aromatic rings. The van der Waals surface area contributed by atoms with E-state index in [2.05, 4.69) is 4.98 Å². The number of pyridine rings is 1. The third kappa shape index (κ3) is 4.20. The van der Waals surface area contributed by atoms with Gasteiger partial charge in [-0.05, 0) is 45.0 Å². The van der Waals surface area contributed by atoms with E-state index < -0.39 is 5.97 Å². The summed E-state index contributed by atoms with van der Waals surface area (Å²) in [5, 5.41) is 10.3. The Balaban J connectivity index is 2.22. The van der Waals surface area contributed by atoms with E-state index >= 15 is 0 Å². The maximum absolute atomic E-state index is 13.2. The molecule has 0 spiro atoms. The van der Waals surface area contributed by atoms with Gasteiger partial charge in [-0.1, -0.05) is 12.1 Å². The molecule has 1 N–H and O–H groups in total. The van der Waals surface area contributed by atoms with E-state index in [-0.39, 0.29) is 23.1 Å². The molecule has 0 aliphatic heterocycles. The number of aromatic carboxylic acids is 1. The molecule has 1 aromatic heterocycles. The van der Waals surface area contributed by atoms with Crippen LogP contribution < -0.4 is 14.2 Å². The van der Waals surface area contributed by atoms with Gasteiger partial charge < -0.3 is 19.3 Å². The standard InChI is InChI=1S/C23H23NO6/c1-5-29-15-8-6-7-14(9-15)22(25)21-17-11-19(28-4)20(30-13(2)3)10-16(17)18(12-24-21)23(26)27/h6-13H,5H2,1-4H3,(H,26,27). The molecule has 0 aliphatic carbocycles. The van der Waals surface area contributed by atoms with Crippen molar-refractivity contribution in [2.75, 3.05) is 13.7 Å². The van der Waals surface area contributed by atoms with E-state index in [0.29, 0.717) is 40.2 Å². The van der Waals surface area contributed by atoms with Crippen LogP contribution in [0.1, 0.15) is 47.2 Å². The molecule has 1 heterocycles. The molecule has 3 rings (SSSR count). The first-order valence-corrected chi connectivity index (χ1v) is 9.54. The van der Waals surface area contributed by atoms with Crippen molar-refractivity contribution in [1.82, 2.24) is 4.98 Å². The van der Waals surface area contributed by atoms with Gasteiger partial charge in [0.1, 0.15) is 11.4 Å². The summed E-state index contributed by atoms with van der Waals surface area (Å²) in [4.78, 5) is 29.2. The van der Waals surface area contributed by atoms with Crippen molar-refractivity contribution in [2.45, 2.75) is 26.9 Å². The molecule has 156 valence electrons. The van der Waals surface area contributed by atoms with Crippen molar-refractivity contribution in [2.24, 2.45) is 0 Å². The SMILES string of the molecule is CCOc1cccc(C(=O)c2ncc(C(=O)O)c3cc(OC(C)C)c(OC)cc23)c1. The van der Waals surface area contributed by atoms with Gasteiger partial charge in [0.15, 0.2) is 11.5 Å². The fourth-order valence-corrected chi connectivity index (χ4v) is 3.13. The molecule has 0 saturated carbocycles. The van der Waals surface area contributed by atoms with Crippen LogP contribution in [-0.4, -0.2) is 41.7 Å². The van der Waals surface area contributed by atoms with Gasteiger partial charge in [0.2, 0.25) is 5.78 Å². The van der Waals surface area contributed by atoms with Crippen LogP contribution in [-0.2, 0) is 0 Å². The van der Waals surface area contributed by atoms with Crippen molar-refractivity contribution in [3.63, 3.8) is 0 Å². The molecular weight excluding hydrogens is 386 g/mol. The Morgan fingerprint density at radius 2 is 1.83 bits per heavy atom. The first-order chi connectivity index (χ1) is 14.3. The summed E-state index contributed by atoms with van der Waals surface area (Å²) in [5.74, 6) is -0.147. The van der Waals surface area contributed by atoms with Crippen molar-refractivity contribution in [1.29, 1.82) is 0 Å². The minimum absolute atomic E-state index is 0.0270. The van der Waals surface area contributed by atoms with Gasteiger partial charge in [0.05, 0.1) is 25.4 Å². The van der Waals surface area contributed by atoms with Crippen LogP contribution in [0.5, 0.6) is 17.2 Å². The van der Waals surface area contributed by atoms with Crippen LogP contribution in [0.4, 0.5) is 0 Å². The Hall–Kier alpha value is -3.61. The van der Waals surface area contributed by atoms with E-state index in [1.54, 1.807) is 36.4 Å². The average Bonchev–Trinajstić information content (AvgIpc) is 2.71. The number of carbonyl (C=O) groups excluding carboxylic acids is 1. The molecule has 0 aliphatic rings. The number of hydrogen-bond donors (Lipinski definition) is 1. The van der Waals surface area contributed by atoms with Crippen LogP contribution in [0.2, 0.25) is 0 Å². The van der Waals surface area contributed by atoms with Gasteiger partial charge in [-0.15, -0.1) is 0 Å². The fraction of sp³-hybridized carbons (Fsp3) is 0.261. The fourth-order valence-electron chi connectivity index (χ4n) is 3.13. The van der Waals surface area contributed by atoms with E-state index in [1.165, 1.54) is 13.3 Å². The largest absolute Gasteiger partial charge is 0.494 e. The Morgan fingerprint density at radius 1 is 1.10 bits per heavy atom. The van der Waals surface area contributed by atoms with Crippen molar-refractivity contribution in [3.05, 3.63) is 59.4 Å². The lowest BCUT2D eigenvalue weighted by Crippen LogP contribution is -2.10. The Labute approximate surface area is 174 Å². The monoisotopic (exact) mass is 409 g/mol. The number of ether oxygens (including phenoxy) is 3. The zero-order chi connectivity index (χ0) is 21.8. The van der Waals surface area contributed by atoms with E-state index in [0.717, 1.165) is 0 Å². The van der Waals surface area contributed by atoms with Gasteiger partial charge in [0, 0.05) is 22.5 Å². The first kappa shape index (κ1) is 21.1. The summed E-state index contributed by atoms with van der Waals surface area (Å²) in [5.41, 5.74) is 0.484. The molecule has 2 aromatic carbocycles. The van der Waals surface area contributed by atoms with E-state index in [1.807, 2.05) is 20.8 Å². The Kier molecular flexibility index (Phi) is 6.20. The molecule has 0 amide bonds. The average molecular weight is 409 g/mol. The summed E-state index contributed by atoms with van der Waals surface area (Å²) in [6.07, 6.45) is 1.05. The molecule has 0 fully saturated rings. The number of fused-ring (bicyclic) bond motifs is 1. The second-order valence-corrected chi connectivity index (χ2v) is 6.83. The maximum atomic E-state index is 13.2. The highest BCUT2D eigenvalue weighted by Crippen LogP contribution is 2.36. The quantitative estimate of drug-likeness (QED) is 0.552. The number of benzene rings is 2. The van der Waals surface area contributed by atoms with Crippen LogP contribution in [0.15, 0.2) is 42.6 Å². The van der Waals surface area contributed by atoms with Gasteiger partial charge in [-0.25, -0.2) is 4.79 Å². The Morgan fingerprint density at radius 3 is 2.47 bits per heavy atom. The van der Waals surface area contributed by atoms with E-state index in [4.69, 9.17) is 14.2 Å². The second kappa shape index (κ2) is 8.82. The van der Waals surface area contributed by atoms with Crippen LogP contribution in [0.25, 0.3) is 10.8 Å². The van der Waals surface area contributed by atoms with Crippen LogP contribution in [0, 0.1) is 0 Å². The van der Waals surface area contributed by atoms with Gasteiger partial charge in [0.25, 0.3) is 0 Å². The lowest BCUT2D eigenvalue weighted by atomic mass is 9.99. The van der Waals surface area contributed by atoms with Crippen molar-refractivity contribution in [3.8, 4) is 17.2 Å². The first-order valence-electron chi connectivity index (χ1n) is 9.54. The van der Waals surface area contributed by atoms with E-state index in [9.17, 15) is 14.7 Å². The third-order valence-corrected chi connectivity index (χ3v) is 4.39. The Bertz CT molecular complexity index is 1110. The number of hydrogen-bond acceptors (Lipinski definition) is 6. The predicted octanol–water partition coefficient (Wildman–Crippen LogP) is 4.36. The summed E-state index contributed by atoms with van der Waals surface area (Å²) in [7, 11) is 1.48. The zero-order valence-electron chi connectivity index (χ0n) is 17.3.